The molecule has 1 atom stereocenters. The van der Waals surface area contributed by atoms with Gasteiger partial charge in [-0.3, -0.25) is 9.69 Å². The van der Waals surface area contributed by atoms with Gasteiger partial charge in [0, 0.05) is 52.1 Å². The Balaban J connectivity index is 0.00000480. The number of amides is 1. The number of rotatable bonds is 8. The zero-order valence-corrected chi connectivity index (χ0v) is 21.2. The molecule has 6 nitrogen and oxygen atoms in total. The van der Waals surface area contributed by atoms with Crippen molar-refractivity contribution >= 4 is 47.6 Å². The number of thioether (sulfide) groups is 1. The number of benzene rings is 1. The van der Waals surface area contributed by atoms with Crippen molar-refractivity contribution < 1.29 is 18.0 Å². The van der Waals surface area contributed by atoms with E-state index in [1.54, 1.807) is 25.9 Å². The van der Waals surface area contributed by atoms with Gasteiger partial charge in [0.15, 0.2) is 5.96 Å². The molecule has 2 rings (SSSR count). The molecule has 0 spiro atoms. The van der Waals surface area contributed by atoms with Crippen LogP contribution >= 0.6 is 35.7 Å². The van der Waals surface area contributed by atoms with Crippen LogP contribution in [0.1, 0.15) is 17.5 Å². The predicted molar refractivity (Wildman–Crippen MR) is 131 cm³/mol. The lowest BCUT2D eigenvalue weighted by molar-refractivity contribution is -0.137. The molecule has 1 unspecified atom stereocenters. The molecule has 0 aromatic heterocycles. The fourth-order valence-corrected chi connectivity index (χ4v) is 3.36. The van der Waals surface area contributed by atoms with Crippen LogP contribution in [0.4, 0.5) is 13.2 Å². The number of alkyl halides is 3. The van der Waals surface area contributed by atoms with Gasteiger partial charge < -0.3 is 15.5 Å². The first-order chi connectivity index (χ1) is 14.2. The number of hydrogen-bond acceptors (Lipinski definition) is 4. The van der Waals surface area contributed by atoms with Gasteiger partial charge in [-0.1, -0.05) is 12.1 Å². The Bertz CT molecular complexity index is 716. The van der Waals surface area contributed by atoms with Crippen LogP contribution in [0.25, 0.3) is 0 Å². The molecule has 1 amide bonds. The second-order valence-electron chi connectivity index (χ2n) is 7.43. The molecule has 1 aliphatic heterocycles. The highest BCUT2D eigenvalue weighted by Crippen LogP contribution is 2.29. The van der Waals surface area contributed by atoms with E-state index >= 15 is 0 Å². The molecule has 11 heteroatoms. The smallest absolute Gasteiger partial charge is 0.356 e. The SMILES string of the molecule is CSCCNC(=NCC(=O)N(C)C)NC1CCN(Cc2ccc(C(F)(F)F)cc2)C1.I. The summed E-state index contributed by atoms with van der Waals surface area (Å²) < 4.78 is 38.1. The second-order valence-corrected chi connectivity index (χ2v) is 8.42. The van der Waals surface area contributed by atoms with E-state index in [9.17, 15) is 18.0 Å². The van der Waals surface area contributed by atoms with Gasteiger partial charge in [0.1, 0.15) is 6.54 Å². The zero-order chi connectivity index (χ0) is 22.1. The topological polar surface area (TPSA) is 60.0 Å². The summed E-state index contributed by atoms with van der Waals surface area (Å²) in [4.78, 5) is 19.9. The van der Waals surface area contributed by atoms with E-state index in [0.717, 1.165) is 49.5 Å². The third-order valence-electron chi connectivity index (χ3n) is 4.77. The third kappa shape index (κ3) is 9.85. The summed E-state index contributed by atoms with van der Waals surface area (Å²) in [6.45, 7) is 3.01. The van der Waals surface area contributed by atoms with Crippen LogP contribution < -0.4 is 10.6 Å². The number of carbonyl (C=O) groups excluding carboxylic acids is 1. The first-order valence-electron chi connectivity index (χ1n) is 9.81. The van der Waals surface area contributed by atoms with Crippen LogP contribution in [0.15, 0.2) is 29.3 Å². The summed E-state index contributed by atoms with van der Waals surface area (Å²) in [5.41, 5.74) is 0.226. The highest BCUT2D eigenvalue weighted by atomic mass is 127. The summed E-state index contributed by atoms with van der Waals surface area (Å²) in [5.74, 6) is 1.46. The Hall–Kier alpha value is -1.21. The normalized spacial score (nSPS) is 17.2. The number of nitrogens with one attached hydrogen (secondary N) is 2. The van der Waals surface area contributed by atoms with Crippen molar-refractivity contribution in [2.45, 2.75) is 25.2 Å². The quantitative estimate of drug-likeness (QED) is 0.217. The molecule has 1 fully saturated rings. The maximum atomic E-state index is 12.7. The first-order valence-corrected chi connectivity index (χ1v) is 11.2. The molecule has 1 aromatic rings. The number of guanidine groups is 1. The van der Waals surface area contributed by atoms with Crippen LogP contribution in [-0.4, -0.2) is 80.0 Å². The van der Waals surface area contributed by atoms with Crippen LogP contribution in [-0.2, 0) is 17.5 Å². The molecule has 1 aliphatic rings. The molecule has 31 heavy (non-hydrogen) atoms. The number of likely N-dealkylation sites (N-methyl/N-ethyl adjacent to an activating group) is 1. The Morgan fingerprint density at radius 2 is 1.97 bits per heavy atom. The number of halogens is 4. The lowest BCUT2D eigenvalue weighted by atomic mass is 10.1. The molecule has 2 N–H and O–H groups in total. The maximum Gasteiger partial charge on any atom is 0.416 e. The summed E-state index contributed by atoms with van der Waals surface area (Å²) in [6, 6.07) is 5.49. The lowest BCUT2D eigenvalue weighted by Crippen LogP contribution is -2.45. The minimum Gasteiger partial charge on any atom is -0.356 e. The summed E-state index contributed by atoms with van der Waals surface area (Å²) in [5, 5.41) is 6.63. The van der Waals surface area contributed by atoms with E-state index in [0.29, 0.717) is 12.5 Å². The zero-order valence-electron chi connectivity index (χ0n) is 18.0. The van der Waals surface area contributed by atoms with E-state index in [1.165, 1.54) is 17.0 Å². The van der Waals surface area contributed by atoms with E-state index in [4.69, 9.17) is 0 Å². The monoisotopic (exact) mass is 573 g/mol. The van der Waals surface area contributed by atoms with Crippen LogP contribution in [0.2, 0.25) is 0 Å². The van der Waals surface area contributed by atoms with Gasteiger partial charge >= 0.3 is 6.18 Å². The summed E-state index contributed by atoms with van der Waals surface area (Å²) in [6.07, 6.45) is -1.39. The molecule has 1 heterocycles. The third-order valence-corrected chi connectivity index (χ3v) is 5.38. The molecule has 0 saturated carbocycles. The molecular formula is C20H31F3IN5OS. The highest BCUT2D eigenvalue weighted by Gasteiger charge is 2.30. The fourth-order valence-electron chi connectivity index (χ4n) is 3.06. The minimum absolute atomic E-state index is 0. The van der Waals surface area contributed by atoms with E-state index in [-0.39, 0.29) is 42.5 Å². The Labute approximate surface area is 203 Å². The average Bonchev–Trinajstić information content (AvgIpc) is 3.12. The first kappa shape index (κ1) is 27.8. The van der Waals surface area contributed by atoms with Gasteiger partial charge in [0.2, 0.25) is 5.91 Å². The van der Waals surface area contributed by atoms with Crippen LogP contribution in [0.3, 0.4) is 0 Å². The number of nitrogens with zero attached hydrogens (tertiary/aromatic N) is 3. The Morgan fingerprint density at radius 1 is 1.29 bits per heavy atom. The van der Waals surface area contributed by atoms with Crippen molar-refractivity contribution in [1.82, 2.24) is 20.4 Å². The minimum atomic E-state index is -4.31. The van der Waals surface area contributed by atoms with Gasteiger partial charge in [0.05, 0.1) is 5.56 Å². The number of aliphatic imine (C=N–C) groups is 1. The average molecular weight is 573 g/mol. The van der Waals surface area contributed by atoms with Crippen molar-refractivity contribution in [3.63, 3.8) is 0 Å². The van der Waals surface area contributed by atoms with E-state index < -0.39 is 11.7 Å². The molecule has 0 aliphatic carbocycles. The van der Waals surface area contributed by atoms with Gasteiger partial charge in [-0.05, 0) is 30.4 Å². The van der Waals surface area contributed by atoms with Crippen molar-refractivity contribution in [1.29, 1.82) is 0 Å². The van der Waals surface area contributed by atoms with E-state index in [1.807, 2.05) is 6.26 Å². The van der Waals surface area contributed by atoms with Crippen molar-refractivity contribution in [2.75, 3.05) is 52.3 Å². The number of carbonyl (C=O) groups is 1. The van der Waals surface area contributed by atoms with Crippen molar-refractivity contribution in [2.24, 2.45) is 4.99 Å². The molecule has 176 valence electrons. The Morgan fingerprint density at radius 3 is 2.55 bits per heavy atom. The fraction of sp³-hybridized carbons (Fsp3) is 0.600. The van der Waals surface area contributed by atoms with Crippen LogP contribution in [0, 0.1) is 0 Å². The molecule has 0 bridgehead atoms. The predicted octanol–water partition coefficient (Wildman–Crippen LogP) is 2.88. The number of hydrogen-bond donors (Lipinski definition) is 2. The standard InChI is InChI=1S/C20H30F3N5OS.HI/c1-27(2)18(29)12-25-19(24-9-11-30-3)26-17-8-10-28(14-17)13-15-4-6-16(7-5-15)20(21,22)23;/h4-7,17H,8-14H2,1-3H3,(H2,24,25,26);1H. The van der Waals surface area contributed by atoms with Gasteiger partial charge in [-0.25, -0.2) is 4.99 Å². The van der Waals surface area contributed by atoms with Crippen molar-refractivity contribution in [3.05, 3.63) is 35.4 Å². The van der Waals surface area contributed by atoms with Gasteiger partial charge in [0.25, 0.3) is 0 Å². The van der Waals surface area contributed by atoms with Crippen LogP contribution in [0.5, 0.6) is 0 Å². The largest absolute Gasteiger partial charge is 0.416 e. The van der Waals surface area contributed by atoms with Gasteiger partial charge in [-0.2, -0.15) is 24.9 Å². The van der Waals surface area contributed by atoms with Gasteiger partial charge in [-0.15, -0.1) is 24.0 Å². The number of likely N-dealkylation sites (tertiary alicyclic amines) is 1. The summed E-state index contributed by atoms with van der Waals surface area (Å²) in [7, 11) is 3.39. The molecule has 1 saturated heterocycles. The molecular weight excluding hydrogens is 542 g/mol. The second kappa shape index (κ2) is 13.4. The summed E-state index contributed by atoms with van der Waals surface area (Å²) >= 11 is 1.72. The molecule has 0 radical (unpaired) electrons. The van der Waals surface area contributed by atoms with Crippen molar-refractivity contribution in [3.8, 4) is 0 Å². The highest BCUT2D eigenvalue weighted by molar-refractivity contribution is 14.0. The molecule has 1 aromatic carbocycles. The van der Waals surface area contributed by atoms with E-state index in [2.05, 4.69) is 20.5 Å². The lowest BCUT2D eigenvalue weighted by Gasteiger charge is -2.19. The Kier molecular flexibility index (Phi) is 12.0. The maximum absolute atomic E-state index is 12.7.